The van der Waals surface area contributed by atoms with Gasteiger partial charge in [0, 0.05) is 46.9 Å². The van der Waals surface area contributed by atoms with Crippen molar-refractivity contribution in [2.24, 2.45) is 0 Å². The highest BCUT2D eigenvalue weighted by atomic mass is 16.5. The third-order valence-electron chi connectivity index (χ3n) is 3.75. The van der Waals surface area contributed by atoms with Crippen LogP contribution < -0.4 is 5.32 Å². The largest absolute Gasteiger partial charge is 0.377 e. The van der Waals surface area contributed by atoms with Crippen LogP contribution in [0.25, 0.3) is 0 Å². The second-order valence-corrected chi connectivity index (χ2v) is 5.21. The van der Waals surface area contributed by atoms with Gasteiger partial charge in [0.25, 0.3) is 0 Å². The molecule has 0 radical (unpaired) electrons. The van der Waals surface area contributed by atoms with Gasteiger partial charge in [0.2, 0.25) is 0 Å². The molecule has 2 fully saturated rings. The number of rotatable bonds is 6. The first-order valence-electron chi connectivity index (χ1n) is 6.29. The van der Waals surface area contributed by atoms with Crippen LogP contribution in [0.2, 0.25) is 0 Å². The van der Waals surface area contributed by atoms with Crippen LogP contribution in [-0.4, -0.2) is 76.3 Å². The van der Waals surface area contributed by atoms with Crippen molar-refractivity contribution in [3.63, 3.8) is 0 Å². The molecule has 5 nitrogen and oxygen atoms in total. The quantitative estimate of drug-likeness (QED) is 0.695. The lowest BCUT2D eigenvalue weighted by molar-refractivity contribution is -0.0716. The number of ether oxygens (including phenoxy) is 3. The highest BCUT2D eigenvalue weighted by Gasteiger charge is 2.35. The summed E-state index contributed by atoms with van der Waals surface area (Å²) >= 11 is 0. The molecule has 0 aliphatic carbocycles. The lowest BCUT2D eigenvalue weighted by Gasteiger charge is -2.39. The SMILES string of the molecule is COC1CN(CCOC2(C)CNC2)CC1OC. The lowest BCUT2D eigenvalue weighted by Crippen LogP contribution is -2.59. The zero-order valence-electron chi connectivity index (χ0n) is 11.1. The summed E-state index contributed by atoms with van der Waals surface area (Å²) in [5, 5.41) is 3.23. The van der Waals surface area contributed by atoms with Crippen LogP contribution in [0, 0.1) is 0 Å². The van der Waals surface area contributed by atoms with Crippen LogP contribution in [0.1, 0.15) is 6.92 Å². The maximum Gasteiger partial charge on any atom is 0.0971 e. The van der Waals surface area contributed by atoms with Crippen LogP contribution in [0.3, 0.4) is 0 Å². The van der Waals surface area contributed by atoms with Crippen LogP contribution in [0.4, 0.5) is 0 Å². The van der Waals surface area contributed by atoms with Gasteiger partial charge in [0.15, 0.2) is 0 Å². The molecule has 2 saturated heterocycles. The smallest absolute Gasteiger partial charge is 0.0971 e. The van der Waals surface area contributed by atoms with Crippen molar-refractivity contribution in [2.75, 3.05) is 53.6 Å². The number of hydrogen-bond acceptors (Lipinski definition) is 5. The molecule has 2 unspecified atom stereocenters. The Labute approximate surface area is 103 Å². The van der Waals surface area contributed by atoms with E-state index in [1.165, 1.54) is 0 Å². The van der Waals surface area contributed by atoms with Gasteiger partial charge in [-0.3, -0.25) is 4.90 Å². The average Bonchev–Trinajstić information content (AvgIpc) is 2.69. The van der Waals surface area contributed by atoms with E-state index in [0.29, 0.717) is 0 Å². The molecule has 0 saturated carbocycles. The van der Waals surface area contributed by atoms with E-state index in [-0.39, 0.29) is 17.8 Å². The first-order chi connectivity index (χ1) is 8.17. The summed E-state index contributed by atoms with van der Waals surface area (Å²) in [7, 11) is 3.50. The zero-order valence-corrected chi connectivity index (χ0v) is 11.1. The molecule has 2 heterocycles. The Hall–Kier alpha value is -0.200. The van der Waals surface area contributed by atoms with E-state index in [9.17, 15) is 0 Å². The van der Waals surface area contributed by atoms with Crippen molar-refractivity contribution in [1.82, 2.24) is 10.2 Å². The number of likely N-dealkylation sites (tertiary alicyclic amines) is 1. The van der Waals surface area contributed by atoms with E-state index in [1.807, 2.05) is 0 Å². The van der Waals surface area contributed by atoms with E-state index in [1.54, 1.807) is 14.2 Å². The van der Waals surface area contributed by atoms with Crippen LogP contribution in [0.15, 0.2) is 0 Å². The van der Waals surface area contributed by atoms with Crippen molar-refractivity contribution in [2.45, 2.75) is 24.7 Å². The molecule has 2 atom stereocenters. The highest BCUT2D eigenvalue weighted by molar-refractivity contribution is 4.90. The number of nitrogens with zero attached hydrogens (tertiary/aromatic N) is 1. The third-order valence-corrected chi connectivity index (χ3v) is 3.75. The summed E-state index contributed by atoms with van der Waals surface area (Å²) < 4.78 is 16.7. The first kappa shape index (κ1) is 13.2. The van der Waals surface area contributed by atoms with E-state index < -0.39 is 0 Å². The maximum absolute atomic E-state index is 5.88. The zero-order chi connectivity index (χ0) is 12.3. The van der Waals surface area contributed by atoms with Crippen molar-refractivity contribution >= 4 is 0 Å². The molecule has 0 aromatic carbocycles. The summed E-state index contributed by atoms with van der Waals surface area (Å²) in [5.74, 6) is 0. The second kappa shape index (κ2) is 5.63. The van der Waals surface area contributed by atoms with Gasteiger partial charge in [0.05, 0.1) is 24.4 Å². The Morgan fingerprint density at radius 2 is 1.76 bits per heavy atom. The van der Waals surface area contributed by atoms with Crippen LogP contribution in [-0.2, 0) is 14.2 Å². The Bertz CT molecular complexity index is 234. The molecule has 2 rings (SSSR count). The van der Waals surface area contributed by atoms with Crippen molar-refractivity contribution in [3.05, 3.63) is 0 Å². The summed E-state index contributed by atoms with van der Waals surface area (Å²) in [5.41, 5.74) is 0.0566. The van der Waals surface area contributed by atoms with Gasteiger partial charge in [0.1, 0.15) is 0 Å². The normalized spacial score (nSPS) is 32.6. The highest BCUT2D eigenvalue weighted by Crippen LogP contribution is 2.17. The van der Waals surface area contributed by atoms with Gasteiger partial charge >= 0.3 is 0 Å². The van der Waals surface area contributed by atoms with Crippen LogP contribution >= 0.6 is 0 Å². The van der Waals surface area contributed by atoms with Gasteiger partial charge < -0.3 is 19.5 Å². The minimum atomic E-state index is 0.0566. The Balaban J connectivity index is 1.66. The lowest BCUT2D eigenvalue weighted by atomic mass is 10.0. The summed E-state index contributed by atoms with van der Waals surface area (Å²) in [4.78, 5) is 2.35. The predicted molar refractivity (Wildman–Crippen MR) is 65.3 cm³/mol. The first-order valence-corrected chi connectivity index (χ1v) is 6.29. The van der Waals surface area contributed by atoms with Gasteiger partial charge in [-0.15, -0.1) is 0 Å². The van der Waals surface area contributed by atoms with E-state index >= 15 is 0 Å². The van der Waals surface area contributed by atoms with E-state index in [0.717, 1.165) is 39.3 Å². The molecular formula is C12H24N2O3. The molecule has 17 heavy (non-hydrogen) atoms. The molecule has 2 aliphatic rings. The van der Waals surface area contributed by atoms with E-state index in [2.05, 4.69) is 17.1 Å². The average molecular weight is 244 g/mol. The van der Waals surface area contributed by atoms with Gasteiger partial charge in [-0.05, 0) is 6.92 Å². The third kappa shape index (κ3) is 3.17. The number of methoxy groups -OCH3 is 2. The minimum Gasteiger partial charge on any atom is -0.377 e. The van der Waals surface area contributed by atoms with Gasteiger partial charge in [-0.2, -0.15) is 0 Å². The van der Waals surface area contributed by atoms with Gasteiger partial charge in [-0.25, -0.2) is 0 Å². The summed E-state index contributed by atoms with van der Waals surface area (Å²) in [6.45, 7) is 7.70. The number of nitrogens with one attached hydrogen (secondary N) is 1. The molecule has 0 aromatic heterocycles. The standard InChI is InChI=1S/C12H24N2O3/c1-12(8-13-9-12)17-5-4-14-6-10(15-2)11(7-14)16-3/h10-11,13H,4-9H2,1-3H3. The Morgan fingerprint density at radius 1 is 1.18 bits per heavy atom. The molecule has 0 amide bonds. The van der Waals surface area contributed by atoms with E-state index in [4.69, 9.17) is 14.2 Å². The minimum absolute atomic E-state index is 0.0566. The molecule has 2 aliphatic heterocycles. The second-order valence-electron chi connectivity index (χ2n) is 5.21. The summed E-state index contributed by atoms with van der Waals surface area (Å²) in [6.07, 6.45) is 0.391. The fourth-order valence-electron chi connectivity index (χ4n) is 2.45. The van der Waals surface area contributed by atoms with Crippen molar-refractivity contribution < 1.29 is 14.2 Å². The fraction of sp³-hybridized carbons (Fsp3) is 1.00. The number of hydrogen-bond donors (Lipinski definition) is 1. The molecule has 0 spiro atoms. The molecule has 0 aromatic rings. The van der Waals surface area contributed by atoms with Crippen molar-refractivity contribution in [3.8, 4) is 0 Å². The molecule has 100 valence electrons. The van der Waals surface area contributed by atoms with Gasteiger partial charge in [-0.1, -0.05) is 0 Å². The Morgan fingerprint density at radius 3 is 2.18 bits per heavy atom. The fourth-order valence-corrected chi connectivity index (χ4v) is 2.45. The predicted octanol–water partition coefficient (Wildman–Crippen LogP) is -0.289. The maximum atomic E-state index is 5.88. The van der Waals surface area contributed by atoms with Crippen LogP contribution in [0.5, 0.6) is 0 Å². The monoisotopic (exact) mass is 244 g/mol. The molecule has 0 bridgehead atoms. The topological polar surface area (TPSA) is 43.0 Å². The Kier molecular flexibility index (Phi) is 4.38. The molecular weight excluding hydrogens is 220 g/mol. The molecule has 5 heteroatoms. The molecule has 1 N–H and O–H groups in total. The summed E-state index contributed by atoms with van der Waals surface area (Å²) in [6, 6.07) is 0. The van der Waals surface area contributed by atoms with Crippen molar-refractivity contribution in [1.29, 1.82) is 0 Å².